The minimum atomic E-state index is -4.32. The van der Waals surface area contributed by atoms with Gasteiger partial charge in [0.15, 0.2) is 5.75 Å². The lowest BCUT2D eigenvalue weighted by atomic mass is 10.2. The fourth-order valence-electron chi connectivity index (χ4n) is 5.15. The fraction of sp³-hybridized carbons (Fsp3) is 0.500. The van der Waals surface area contributed by atoms with Crippen molar-refractivity contribution in [2.24, 2.45) is 0 Å². The van der Waals surface area contributed by atoms with Gasteiger partial charge in [-0.2, -0.15) is 4.72 Å². The number of nitrogens with zero attached hydrogens (tertiary/aromatic N) is 3. The Morgan fingerprint density at radius 2 is 1.88 bits per heavy atom. The number of carbonyl (C=O) groups is 3. The molecule has 14 heteroatoms. The third kappa shape index (κ3) is 6.28. The predicted molar refractivity (Wildman–Crippen MR) is 152 cm³/mol. The Labute approximate surface area is 242 Å². The molecular formula is C26H32ClN5O6S2. The normalized spacial score (nSPS) is 19.1. The molecule has 1 aliphatic carbocycles. The molecule has 3 fully saturated rings. The lowest BCUT2D eigenvalue weighted by Gasteiger charge is -2.36. The third-order valence-corrected chi connectivity index (χ3v) is 10.1. The largest absolute Gasteiger partial charge is 0.493 e. The van der Waals surface area contributed by atoms with Crippen molar-refractivity contribution in [3.63, 3.8) is 0 Å². The Balaban J connectivity index is 1.38. The number of ether oxygens (including phenoxy) is 1. The average Bonchev–Trinajstić information content (AvgIpc) is 3.57. The van der Waals surface area contributed by atoms with Gasteiger partial charge < -0.3 is 19.9 Å². The summed E-state index contributed by atoms with van der Waals surface area (Å²) in [6.45, 7) is 2.57. The Hall–Kier alpha value is -2.71. The quantitative estimate of drug-likeness (QED) is 0.421. The van der Waals surface area contributed by atoms with Gasteiger partial charge in [0.2, 0.25) is 21.8 Å². The van der Waals surface area contributed by atoms with Crippen LogP contribution in [0.15, 0.2) is 35.2 Å². The second-order valence-corrected chi connectivity index (χ2v) is 13.4. The van der Waals surface area contributed by atoms with Crippen molar-refractivity contribution in [2.75, 3.05) is 51.3 Å². The van der Waals surface area contributed by atoms with E-state index in [1.165, 1.54) is 37.0 Å². The molecule has 11 nitrogen and oxygen atoms in total. The highest BCUT2D eigenvalue weighted by Gasteiger charge is 2.37. The molecule has 40 heavy (non-hydrogen) atoms. The average molecular weight is 610 g/mol. The number of amides is 3. The molecule has 0 bridgehead atoms. The number of sulfonamides is 1. The number of halogens is 1. The van der Waals surface area contributed by atoms with Crippen molar-refractivity contribution < 1.29 is 27.5 Å². The number of benzene rings is 1. The van der Waals surface area contributed by atoms with Gasteiger partial charge in [0.25, 0.3) is 5.91 Å². The fourth-order valence-corrected chi connectivity index (χ4v) is 7.49. The van der Waals surface area contributed by atoms with E-state index in [2.05, 4.69) is 14.9 Å². The number of para-hydroxylation sites is 1. The van der Waals surface area contributed by atoms with Gasteiger partial charge in [-0.05, 0) is 43.5 Å². The van der Waals surface area contributed by atoms with E-state index in [1.54, 1.807) is 23.1 Å². The second kappa shape index (κ2) is 12.0. The molecule has 0 spiro atoms. The summed E-state index contributed by atoms with van der Waals surface area (Å²) in [5, 5.41) is 2.68. The summed E-state index contributed by atoms with van der Waals surface area (Å²) in [6, 6.07) is 7.01. The van der Waals surface area contributed by atoms with Crippen molar-refractivity contribution in [2.45, 2.75) is 42.7 Å². The predicted octanol–water partition coefficient (Wildman–Crippen LogP) is 1.92. The topological polar surface area (TPSA) is 128 Å². The summed E-state index contributed by atoms with van der Waals surface area (Å²) in [5.41, 5.74) is 0.356. The number of thiophene rings is 1. The van der Waals surface area contributed by atoms with Gasteiger partial charge in [0, 0.05) is 51.7 Å². The number of anilines is 1. The number of piperazine rings is 1. The molecular weight excluding hydrogens is 578 g/mol. The molecule has 216 valence electrons. The Bertz CT molecular complexity index is 1390. The van der Waals surface area contributed by atoms with Crippen molar-refractivity contribution in [1.29, 1.82) is 0 Å². The molecule has 2 saturated heterocycles. The Kier molecular flexibility index (Phi) is 8.66. The Morgan fingerprint density at radius 3 is 2.48 bits per heavy atom. The third-order valence-electron chi connectivity index (χ3n) is 7.36. The maximum Gasteiger partial charge on any atom is 0.261 e. The SMILES string of the molecule is COc1c(N2CCCC2=O)cccc1S(=O)(=O)N[C@@H](CNC(=O)c1ccc(Cl)s1)C(=O)N1CCN(C2CC2)CC1. The van der Waals surface area contributed by atoms with E-state index in [9.17, 15) is 22.8 Å². The van der Waals surface area contributed by atoms with Crippen LogP contribution in [-0.2, 0) is 19.6 Å². The molecule has 2 aromatic rings. The first kappa shape index (κ1) is 28.8. The first-order valence-corrected chi connectivity index (χ1v) is 15.9. The van der Waals surface area contributed by atoms with Crippen molar-refractivity contribution in [3.05, 3.63) is 39.5 Å². The van der Waals surface area contributed by atoms with E-state index in [0.29, 0.717) is 53.4 Å². The molecule has 3 amide bonds. The van der Waals surface area contributed by atoms with E-state index >= 15 is 0 Å². The molecule has 1 atom stereocenters. The molecule has 3 aliphatic rings. The summed E-state index contributed by atoms with van der Waals surface area (Å²) < 4.78 is 35.9. The first-order valence-electron chi connectivity index (χ1n) is 13.2. The molecule has 5 rings (SSSR count). The first-order chi connectivity index (χ1) is 19.2. The van der Waals surface area contributed by atoms with Crippen LogP contribution in [0, 0.1) is 0 Å². The van der Waals surface area contributed by atoms with Crippen LogP contribution in [0.1, 0.15) is 35.4 Å². The number of nitrogens with one attached hydrogen (secondary N) is 2. The van der Waals surface area contributed by atoms with Crippen LogP contribution in [0.4, 0.5) is 5.69 Å². The van der Waals surface area contributed by atoms with Crippen molar-refractivity contribution >= 4 is 56.4 Å². The standard InChI is InChI=1S/C26H32ClN5O6S2/c1-38-24-19(32-11-3-6-23(32)33)4-2-5-21(24)40(36,37)29-18(16-28-25(34)20-9-10-22(27)39-20)26(35)31-14-12-30(13-15-31)17-7-8-17/h2,4-5,9-10,17-18,29H,3,6-8,11-16H2,1H3,(H,28,34)/t18-/m0/s1. The van der Waals surface area contributed by atoms with Gasteiger partial charge in [-0.3, -0.25) is 19.3 Å². The van der Waals surface area contributed by atoms with Crippen LogP contribution in [0.5, 0.6) is 5.75 Å². The summed E-state index contributed by atoms with van der Waals surface area (Å²) in [6.07, 6.45) is 3.37. The highest BCUT2D eigenvalue weighted by Crippen LogP contribution is 2.37. The zero-order valence-corrected chi connectivity index (χ0v) is 24.5. The van der Waals surface area contributed by atoms with Gasteiger partial charge in [0.05, 0.1) is 22.0 Å². The summed E-state index contributed by atoms with van der Waals surface area (Å²) in [5.74, 6) is -0.977. The van der Waals surface area contributed by atoms with Gasteiger partial charge >= 0.3 is 0 Å². The Morgan fingerprint density at radius 1 is 1.12 bits per heavy atom. The van der Waals surface area contributed by atoms with Gasteiger partial charge in [-0.25, -0.2) is 8.42 Å². The molecule has 0 radical (unpaired) electrons. The van der Waals surface area contributed by atoms with E-state index in [4.69, 9.17) is 16.3 Å². The van der Waals surface area contributed by atoms with Crippen LogP contribution in [0.25, 0.3) is 0 Å². The van der Waals surface area contributed by atoms with Gasteiger partial charge in [-0.1, -0.05) is 17.7 Å². The number of methoxy groups -OCH3 is 1. The van der Waals surface area contributed by atoms with Crippen LogP contribution >= 0.6 is 22.9 Å². The highest BCUT2D eigenvalue weighted by atomic mass is 35.5. The minimum absolute atomic E-state index is 0.0201. The zero-order valence-electron chi connectivity index (χ0n) is 22.1. The van der Waals surface area contributed by atoms with Gasteiger partial charge in [-0.15, -0.1) is 11.3 Å². The second-order valence-electron chi connectivity index (χ2n) is 10.0. The van der Waals surface area contributed by atoms with E-state index in [-0.39, 0.29) is 23.1 Å². The van der Waals surface area contributed by atoms with E-state index in [0.717, 1.165) is 24.4 Å². The van der Waals surface area contributed by atoms with Crippen molar-refractivity contribution in [3.8, 4) is 5.75 Å². The maximum absolute atomic E-state index is 13.7. The molecule has 1 aromatic heterocycles. The molecule has 2 N–H and O–H groups in total. The summed E-state index contributed by atoms with van der Waals surface area (Å²) >= 11 is 7.04. The van der Waals surface area contributed by atoms with Crippen LogP contribution in [-0.4, -0.2) is 94.4 Å². The monoisotopic (exact) mass is 609 g/mol. The molecule has 0 unspecified atom stereocenters. The van der Waals surface area contributed by atoms with E-state index < -0.39 is 27.9 Å². The van der Waals surface area contributed by atoms with E-state index in [1.807, 2.05) is 0 Å². The molecule has 3 heterocycles. The number of hydrogen-bond acceptors (Lipinski definition) is 8. The van der Waals surface area contributed by atoms with Crippen LogP contribution < -0.4 is 19.7 Å². The number of hydrogen-bond donors (Lipinski definition) is 2. The zero-order chi connectivity index (χ0) is 28.4. The molecule has 1 aromatic carbocycles. The number of rotatable bonds is 10. The summed E-state index contributed by atoms with van der Waals surface area (Å²) in [4.78, 5) is 44.4. The van der Waals surface area contributed by atoms with Gasteiger partial charge in [0.1, 0.15) is 10.9 Å². The lowest BCUT2D eigenvalue weighted by Crippen LogP contribution is -2.58. The summed E-state index contributed by atoms with van der Waals surface area (Å²) in [7, 11) is -2.98. The lowest BCUT2D eigenvalue weighted by molar-refractivity contribution is -0.134. The maximum atomic E-state index is 13.7. The minimum Gasteiger partial charge on any atom is -0.493 e. The number of carbonyl (C=O) groups excluding carboxylic acids is 3. The molecule has 1 saturated carbocycles. The van der Waals surface area contributed by atoms with Crippen LogP contribution in [0.2, 0.25) is 4.34 Å². The van der Waals surface area contributed by atoms with Crippen molar-refractivity contribution in [1.82, 2.24) is 19.8 Å². The van der Waals surface area contributed by atoms with Crippen LogP contribution in [0.3, 0.4) is 0 Å². The highest BCUT2D eigenvalue weighted by molar-refractivity contribution is 7.89. The molecule has 2 aliphatic heterocycles. The smallest absolute Gasteiger partial charge is 0.261 e.